The monoisotopic (exact) mass is 255 g/mol. The maximum Gasteiger partial charge on any atom is 0.416 e. The van der Waals surface area contributed by atoms with Crippen LogP contribution in [0.15, 0.2) is 18.2 Å². The molecule has 1 aromatic carbocycles. The topological polar surface area (TPSA) is 12.0 Å². The van der Waals surface area contributed by atoms with Gasteiger partial charge in [0.15, 0.2) is 0 Å². The zero-order valence-corrected chi connectivity index (χ0v) is 9.16. The maximum atomic E-state index is 13.3. The van der Waals surface area contributed by atoms with Gasteiger partial charge in [0.25, 0.3) is 0 Å². The van der Waals surface area contributed by atoms with E-state index in [9.17, 15) is 17.6 Å². The second-order valence-corrected chi connectivity index (χ2v) is 3.70. The average molecular weight is 256 g/mol. The predicted octanol–water partition coefficient (Wildman–Crippen LogP) is 3.88. The van der Waals surface area contributed by atoms with Crippen molar-refractivity contribution in [2.75, 3.05) is 11.2 Å². The van der Waals surface area contributed by atoms with Gasteiger partial charge in [0.2, 0.25) is 0 Å². The second-order valence-electron chi connectivity index (χ2n) is 3.39. The van der Waals surface area contributed by atoms with Crippen LogP contribution in [-0.4, -0.2) is 11.9 Å². The highest BCUT2D eigenvalue weighted by Crippen LogP contribution is 2.31. The third kappa shape index (κ3) is 3.27. The second kappa shape index (κ2) is 4.91. The van der Waals surface area contributed by atoms with E-state index in [0.29, 0.717) is 6.07 Å². The van der Waals surface area contributed by atoms with E-state index in [4.69, 9.17) is 11.6 Å². The molecule has 1 nitrogen and oxygen atoms in total. The molecule has 0 fully saturated rings. The van der Waals surface area contributed by atoms with Gasteiger partial charge in [0, 0.05) is 11.9 Å². The number of benzene rings is 1. The standard InChI is InChI=1S/C10H10ClF4N/c1-6(5-11)16-9-3-2-7(4-8(9)12)10(13,14)15/h2-4,6,16H,5H2,1H3. The molecule has 0 aliphatic carbocycles. The Kier molecular flexibility index (Phi) is 4.02. The fourth-order valence-corrected chi connectivity index (χ4v) is 1.19. The van der Waals surface area contributed by atoms with E-state index in [1.54, 1.807) is 6.92 Å². The van der Waals surface area contributed by atoms with Crippen molar-refractivity contribution < 1.29 is 17.6 Å². The number of anilines is 1. The molecule has 1 atom stereocenters. The van der Waals surface area contributed by atoms with E-state index in [1.165, 1.54) is 0 Å². The average Bonchev–Trinajstić information content (AvgIpc) is 2.19. The molecule has 0 saturated carbocycles. The highest BCUT2D eigenvalue weighted by atomic mass is 35.5. The first-order chi connectivity index (χ1) is 7.34. The minimum Gasteiger partial charge on any atom is -0.379 e. The van der Waals surface area contributed by atoms with E-state index < -0.39 is 17.6 Å². The summed E-state index contributed by atoms with van der Waals surface area (Å²) in [7, 11) is 0. The molecular weight excluding hydrogens is 246 g/mol. The Morgan fingerprint density at radius 1 is 1.38 bits per heavy atom. The Morgan fingerprint density at radius 3 is 2.44 bits per heavy atom. The highest BCUT2D eigenvalue weighted by molar-refractivity contribution is 6.18. The van der Waals surface area contributed by atoms with Crippen molar-refractivity contribution in [2.45, 2.75) is 19.1 Å². The summed E-state index contributed by atoms with van der Waals surface area (Å²) in [4.78, 5) is 0. The van der Waals surface area contributed by atoms with Crippen LogP contribution in [0.1, 0.15) is 12.5 Å². The summed E-state index contributed by atoms with van der Waals surface area (Å²) in [5.74, 6) is -0.702. The summed E-state index contributed by atoms with van der Waals surface area (Å²) in [6.45, 7) is 1.70. The third-order valence-corrected chi connectivity index (χ3v) is 2.39. The fourth-order valence-electron chi connectivity index (χ4n) is 1.11. The maximum absolute atomic E-state index is 13.3. The smallest absolute Gasteiger partial charge is 0.379 e. The summed E-state index contributed by atoms with van der Waals surface area (Å²) in [6.07, 6.45) is -4.53. The first-order valence-corrected chi connectivity index (χ1v) is 5.07. The Morgan fingerprint density at radius 2 is 2.00 bits per heavy atom. The molecule has 0 spiro atoms. The van der Waals surface area contributed by atoms with Crippen molar-refractivity contribution in [2.24, 2.45) is 0 Å². The molecule has 0 aliphatic heterocycles. The normalized spacial score (nSPS) is 13.6. The van der Waals surface area contributed by atoms with Crippen LogP contribution in [-0.2, 0) is 6.18 Å². The number of nitrogens with one attached hydrogen (secondary N) is 1. The first-order valence-electron chi connectivity index (χ1n) is 4.54. The van der Waals surface area contributed by atoms with Crippen molar-refractivity contribution in [3.63, 3.8) is 0 Å². The van der Waals surface area contributed by atoms with E-state index >= 15 is 0 Å². The molecule has 0 bridgehead atoms. The van der Waals surface area contributed by atoms with Crippen LogP contribution in [0.5, 0.6) is 0 Å². The predicted molar refractivity (Wildman–Crippen MR) is 55.2 cm³/mol. The summed E-state index contributed by atoms with van der Waals surface area (Å²) >= 11 is 5.49. The van der Waals surface area contributed by atoms with Crippen molar-refractivity contribution >= 4 is 17.3 Å². The van der Waals surface area contributed by atoms with Crippen molar-refractivity contribution in [3.05, 3.63) is 29.6 Å². The molecule has 90 valence electrons. The lowest BCUT2D eigenvalue weighted by molar-refractivity contribution is -0.137. The molecule has 1 N–H and O–H groups in total. The molecule has 0 aromatic heterocycles. The molecule has 6 heteroatoms. The van der Waals surface area contributed by atoms with Gasteiger partial charge in [-0.15, -0.1) is 11.6 Å². The summed E-state index contributed by atoms with van der Waals surface area (Å²) in [5, 5.41) is 2.66. The van der Waals surface area contributed by atoms with Gasteiger partial charge in [-0.05, 0) is 25.1 Å². The molecule has 0 radical (unpaired) electrons. The largest absolute Gasteiger partial charge is 0.416 e. The fraction of sp³-hybridized carbons (Fsp3) is 0.400. The molecule has 0 amide bonds. The Balaban J connectivity index is 2.92. The minimum atomic E-state index is -4.53. The van der Waals surface area contributed by atoms with Crippen LogP contribution < -0.4 is 5.32 Å². The molecular formula is C10H10ClF4N. The minimum absolute atomic E-state index is 0.0150. The quantitative estimate of drug-likeness (QED) is 0.638. The van der Waals surface area contributed by atoms with Gasteiger partial charge in [0.05, 0.1) is 11.3 Å². The molecule has 16 heavy (non-hydrogen) atoms. The van der Waals surface area contributed by atoms with Crippen LogP contribution in [0.25, 0.3) is 0 Å². The molecule has 0 aliphatic rings. The molecule has 1 aromatic rings. The van der Waals surface area contributed by atoms with Crippen molar-refractivity contribution in [1.29, 1.82) is 0 Å². The van der Waals surface area contributed by atoms with Crippen LogP contribution in [0.4, 0.5) is 23.2 Å². The highest BCUT2D eigenvalue weighted by Gasteiger charge is 2.31. The third-order valence-electron chi connectivity index (χ3n) is 1.93. The van der Waals surface area contributed by atoms with E-state index in [1.807, 2.05) is 0 Å². The number of rotatable bonds is 3. The van der Waals surface area contributed by atoms with Gasteiger partial charge in [0.1, 0.15) is 5.82 Å². The van der Waals surface area contributed by atoms with Gasteiger partial charge < -0.3 is 5.32 Å². The van der Waals surface area contributed by atoms with Crippen LogP contribution in [0.3, 0.4) is 0 Å². The lowest BCUT2D eigenvalue weighted by Crippen LogP contribution is -2.17. The summed E-state index contributed by atoms with van der Waals surface area (Å²) in [5.41, 5.74) is -0.991. The van der Waals surface area contributed by atoms with Gasteiger partial charge in [-0.1, -0.05) is 0 Å². The van der Waals surface area contributed by atoms with Crippen molar-refractivity contribution in [1.82, 2.24) is 0 Å². The Hall–Kier alpha value is -0.970. The van der Waals surface area contributed by atoms with E-state index in [-0.39, 0.29) is 17.6 Å². The van der Waals surface area contributed by atoms with Gasteiger partial charge in [-0.3, -0.25) is 0 Å². The van der Waals surface area contributed by atoms with Crippen LogP contribution >= 0.6 is 11.6 Å². The number of hydrogen-bond donors (Lipinski definition) is 1. The van der Waals surface area contributed by atoms with Gasteiger partial charge in [-0.25, -0.2) is 4.39 Å². The van der Waals surface area contributed by atoms with Crippen LogP contribution in [0.2, 0.25) is 0 Å². The number of halogens is 5. The Labute approximate surface area is 95.4 Å². The molecule has 0 heterocycles. The van der Waals surface area contributed by atoms with E-state index in [0.717, 1.165) is 12.1 Å². The molecule has 1 rings (SSSR count). The lowest BCUT2D eigenvalue weighted by Gasteiger charge is -2.14. The van der Waals surface area contributed by atoms with Crippen molar-refractivity contribution in [3.8, 4) is 0 Å². The van der Waals surface area contributed by atoms with Gasteiger partial charge in [-0.2, -0.15) is 13.2 Å². The van der Waals surface area contributed by atoms with Crippen LogP contribution in [0, 0.1) is 5.82 Å². The Bertz CT molecular complexity index is 364. The lowest BCUT2D eigenvalue weighted by atomic mass is 10.2. The number of alkyl halides is 4. The molecule has 0 saturated heterocycles. The molecule has 1 unspecified atom stereocenters. The SMILES string of the molecule is CC(CCl)Nc1ccc(C(F)(F)F)cc1F. The van der Waals surface area contributed by atoms with Gasteiger partial charge >= 0.3 is 6.18 Å². The summed E-state index contributed by atoms with van der Waals surface area (Å²) in [6, 6.07) is 2.13. The summed E-state index contributed by atoms with van der Waals surface area (Å²) < 4.78 is 49.9. The zero-order valence-electron chi connectivity index (χ0n) is 8.41. The zero-order chi connectivity index (χ0) is 12.3. The van der Waals surface area contributed by atoms with E-state index in [2.05, 4.69) is 5.32 Å². The first kappa shape index (κ1) is 13.1. The number of hydrogen-bond acceptors (Lipinski definition) is 1.